The lowest BCUT2D eigenvalue weighted by Gasteiger charge is -2.47. The second kappa shape index (κ2) is 4.56. The van der Waals surface area contributed by atoms with Crippen molar-refractivity contribution in [2.45, 2.75) is 38.9 Å². The molecule has 0 saturated carbocycles. The summed E-state index contributed by atoms with van der Waals surface area (Å²) in [6.45, 7) is 13.0. The Labute approximate surface area is 112 Å². The smallest absolute Gasteiger partial charge is 0.152 e. The quantitative estimate of drug-likeness (QED) is 0.734. The van der Waals surface area contributed by atoms with Gasteiger partial charge in [0.25, 0.3) is 0 Å². The third-order valence-electron chi connectivity index (χ3n) is 4.29. The van der Waals surface area contributed by atoms with Crippen LogP contribution < -0.4 is 5.01 Å². The summed E-state index contributed by atoms with van der Waals surface area (Å²) in [4.78, 5) is 0. The monoisotopic (exact) mass is 260 g/mol. The zero-order valence-corrected chi connectivity index (χ0v) is 13.1. The lowest BCUT2D eigenvalue weighted by Crippen LogP contribution is -2.59. The van der Waals surface area contributed by atoms with Crippen LogP contribution >= 0.6 is 0 Å². The third kappa shape index (κ3) is 2.25. The SMILES string of the molecule is CC(C)(C)[Si](C)(C)N1CC=CN1c1ccccc1. The fourth-order valence-corrected chi connectivity index (χ4v) is 4.16. The zero-order valence-electron chi connectivity index (χ0n) is 12.1. The van der Waals surface area contributed by atoms with Crippen LogP contribution in [0.1, 0.15) is 20.8 Å². The molecule has 2 rings (SSSR count). The minimum absolute atomic E-state index is 0.353. The van der Waals surface area contributed by atoms with Crippen LogP contribution in [0.3, 0.4) is 0 Å². The van der Waals surface area contributed by atoms with Crippen LogP contribution in [0, 0.1) is 0 Å². The van der Waals surface area contributed by atoms with Crippen molar-refractivity contribution in [1.29, 1.82) is 0 Å². The minimum atomic E-state index is -1.52. The van der Waals surface area contributed by atoms with Crippen LogP contribution in [0.2, 0.25) is 18.1 Å². The molecule has 1 aromatic rings. The molecule has 2 nitrogen and oxygen atoms in total. The molecule has 1 aliphatic rings. The predicted octanol–water partition coefficient (Wildman–Crippen LogP) is 4.24. The molecule has 1 heterocycles. The standard InChI is InChI=1S/C15H24N2Si/c1-15(2,3)18(4,5)17-13-9-12-16(17)14-10-7-6-8-11-14/h6-12H,13H2,1-5H3. The van der Waals surface area contributed by atoms with Gasteiger partial charge in [-0.05, 0) is 17.2 Å². The maximum atomic E-state index is 2.57. The van der Waals surface area contributed by atoms with E-state index in [1.54, 1.807) is 0 Å². The van der Waals surface area contributed by atoms with Gasteiger partial charge in [-0.25, -0.2) is 4.67 Å². The first-order valence-electron chi connectivity index (χ1n) is 6.62. The van der Waals surface area contributed by atoms with Gasteiger partial charge >= 0.3 is 0 Å². The summed E-state index contributed by atoms with van der Waals surface area (Å²) in [5.74, 6) is 0. The normalized spacial score (nSPS) is 17.5. The molecule has 0 fully saturated rings. The Morgan fingerprint density at radius 3 is 2.22 bits per heavy atom. The van der Waals surface area contributed by atoms with Crippen molar-refractivity contribution in [1.82, 2.24) is 4.67 Å². The van der Waals surface area contributed by atoms with Crippen LogP contribution in [0.25, 0.3) is 0 Å². The summed E-state index contributed by atoms with van der Waals surface area (Å²) in [5.41, 5.74) is 1.26. The van der Waals surface area contributed by atoms with E-state index in [9.17, 15) is 0 Å². The fourth-order valence-electron chi connectivity index (χ4n) is 2.11. The average molecular weight is 260 g/mol. The van der Waals surface area contributed by atoms with Crippen molar-refractivity contribution in [3.05, 3.63) is 42.6 Å². The van der Waals surface area contributed by atoms with Gasteiger partial charge in [-0.3, -0.25) is 5.01 Å². The van der Waals surface area contributed by atoms with Gasteiger partial charge in [-0.1, -0.05) is 58.1 Å². The van der Waals surface area contributed by atoms with Crippen LogP contribution in [0.5, 0.6) is 0 Å². The molecule has 98 valence electrons. The lowest BCUT2D eigenvalue weighted by atomic mass is 10.2. The second-order valence-electron chi connectivity index (χ2n) is 6.46. The molecule has 0 bridgehead atoms. The number of hydrogen-bond donors (Lipinski definition) is 0. The van der Waals surface area contributed by atoms with Gasteiger partial charge in [0.2, 0.25) is 0 Å². The first-order chi connectivity index (χ1) is 8.34. The Morgan fingerprint density at radius 2 is 1.67 bits per heavy atom. The molecule has 1 aliphatic heterocycles. The molecule has 0 radical (unpaired) electrons. The highest BCUT2D eigenvalue weighted by molar-refractivity contribution is 6.77. The fraction of sp³-hybridized carbons (Fsp3) is 0.467. The van der Waals surface area contributed by atoms with E-state index in [0.29, 0.717) is 5.04 Å². The topological polar surface area (TPSA) is 6.48 Å². The molecule has 18 heavy (non-hydrogen) atoms. The Balaban J connectivity index is 2.31. The summed E-state index contributed by atoms with van der Waals surface area (Å²) in [6.07, 6.45) is 4.46. The second-order valence-corrected chi connectivity index (χ2v) is 11.6. The van der Waals surface area contributed by atoms with Crippen molar-refractivity contribution in [2.75, 3.05) is 11.6 Å². The summed E-state index contributed by atoms with van der Waals surface area (Å²) < 4.78 is 2.57. The van der Waals surface area contributed by atoms with Crippen molar-refractivity contribution < 1.29 is 0 Å². The first-order valence-corrected chi connectivity index (χ1v) is 9.57. The number of rotatable bonds is 2. The van der Waals surface area contributed by atoms with E-state index in [1.165, 1.54) is 5.69 Å². The van der Waals surface area contributed by atoms with Crippen molar-refractivity contribution in [3.63, 3.8) is 0 Å². The van der Waals surface area contributed by atoms with E-state index in [2.05, 4.69) is 86.2 Å². The molecule has 1 aromatic carbocycles. The number of hydrazine groups is 1. The molecule has 0 amide bonds. The summed E-state index contributed by atoms with van der Waals surface area (Å²) in [6, 6.07) is 10.6. The molecule has 0 unspecified atom stereocenters. The van der Waals surface area contributed by atoms with E-state index < -0.39 is 8.24 Å². The van der Waals surface area contributed by atoms with E-state index in [4.69, 9.17) is 0 Å². The van der Waals surface area contributed by atoms with Gasteiger partial charge < -0.3 is 0 Å². The van der Waals surface area contributed by atoms with Gasteiger partial charge in [-0.2, -0.15) is 0 Å². The molecule has 0 spiro atoms. The first kappa shape index (κ1) is 13.4. The summed E-state index contributed by atoms with van der Waals surface area (Å²) in [7, 11) is -1.52. The Morgan fingerprint density at radius 1 is 1.06 bits per heavy atom. The van der Waals surface area contributed by atoms with Gasteiger partial charge in [0.15, 0.2) is 8.24 Å². The average Bonchev–Trinajstić information content (AvgIpc) is 2.78. The Kier molecular flexibility index (Phi) is 3.38. The maximum absolute atomic E-state index is 2.57. The summed E-state index contributed by atoms with van der Waals surface area (Å²) in [5, 5.41) is 2.68. The molecular weight excluding hydrogens is 236 g/mol. The molecule has 0 aromatic heterocycles. The van der Waals surface area contributed by atoms with Crippen molar-refractivity contribution in [3.8, 4) is 0 Å². The molecule has 0 saturated heterocycles. The summed E-state index contributed by atoms with van der Waals surface area (Å²) >= 11 is 0. The van der Waals surface area contributed by atoms with Crippen molar-refractivity contribution >= 4 is 13.9 Å². The highest BCUT2D eigenvalue weighted by Crippen LogP contribution is 2.40. The van der Waals surface area contributed by atoms with Crippen LogP contribution in [-0.4, -0.2) is 19.5 Å². The van der Waals surface area contributed by atoms with E-state index in [1.807, 2.05) is 0 Å². The number of nitrogens with zero attached hydrogens (tertiary/aromatic N) is 2. The molecule has 0 N–H and O–H groups in total. The maximum Gasteiger partial charge on any atom is 0.152 e. The Hall–Kier alpha value is -1.06. The van der Waals surface area contributed by atoms with E-state index in [0.717, 1.165) is 6.54 Å². The molecule has 3 heteroatoms. The van der Waals surface area contributed by atoms with Crippen molar-refractivity contribution in [2.24, 2.45) is 0 Å². The molecule has 0 aliphatic carbocycles. The van der Waals surface area contributed by atoms with Crippen LogP contribution in [0.15, 0.2) is 42.6 Å². The largest absolute Gasteiger partial charge is 0.288 e. The molecule has 0 atom stereocenters. The molecular formula is C15H24N2Si. The number of benzene rings is 1. The highest BCUT2D eigenvalue weighted by Gasteiger charge is 2.44. The van der Waals surface area contributed by atoms with Gasteiger partial charge in [0.05, 0.1) is 5.69 Å². The Bertz CT molecular complexity index is 432. The zero-order chi connectivity index (χ0) is 13.4. The van der Waals surface area contributed by atoms with E-state index in [-0.39, 0.29) is 0 Å². The van der Waals surface area contributed by atoms with Crippen LogP contribution in [-0.2, 0) is 0 Å². The van der Waals surface area contributed by atoms with Crippen LogP contribution in [0.4, 0.5) is 5.69 Å². The number of para-hydroxylation sites is 1. The van der Waals surface area contributed by atoms with Gasteiger partial charge in [0, 0.05) is 12.7 Å². The highest BCUT2D eigenvalue weighted by atomic mass is 28.3. The van der Waals surface area contributed by atoms with Gasteiger partial charge in [-0.15, -0.1) is 0 Å². The number of anilines is 1. The minimum Gasteiger partial charge on any atom is -0.288 e. The van der Waals surface area contributed by atoms with E-state index >= 15 is 0 Å². The lowest BCUT2D eigenvalue weighted by molar-refractivity contribution is 0.459. The third-order valence-corrected chi connectivity index (χ3v) is 9.65. The van der Waals surface area contributed by atoms with Gasteiger partial charge in [0.1, 0.15) is 0 Å². The predicted molar refractivity (Wildman–Crippen MR) is 82.0 cm³/mol. The number of hydrogen-bond acceptors (Lipinski definition) is 2.